The van der Waals surface area contributed by atoms with Crippen molar-refractivity contribution in [1.29, 1.82) is 0 Å². The second-order valence-corrected chi connectivity index (χ2v) is 2.59. The third-order valence-electron chi connectivity index (χ3n) is 1.84. The van der Waals surface area contributed by atoms with Gasteiger partial charge in [-0.15, -0.1) is 0 Å². The SMILES string of the molecule is C=COC(C)N1CCCC1=O. The number of carbonyl (C=O) groups excluding carboxylic acids is 1. The molecule has 1 atom stereocenters. The molecule has 1 fully saturated rings. The molecule has 0 aromatic rings. The van der Waals surface area contributed by atoms with E-state index in [0.717, 1.165) is 13.0 Å². The standard InChI is InChI=1S/C8H13NO2/c1-3-11-7(2)9-6-4-5-8(9)10/h3,7H,1,4-6H2,2H3. The van der Waals surface area contributed by atoms with E-state index in [0.29, 0.717) is 6.42 Å². The van der Waals surface area contributed by atoms with Gasteiger partial charge in [0.2, 0.25) is 5.91 Å². The molecule has 3 nitrogen and oxygen atoms in total. The summed E-state index contributed by atoms with van der Waals surface area (Å²) in [5, 5.41) is 0. The zero-order chi connectivity index (χ0) is 8.27. The number of amides is 1. The molecule has 0 spiro atoms. The molecule has 1 rings (SSSR count). The van der Waals surface area contributed by atoms with Crippen LogP contribution < -0.4 is 0 Å². The van der Waals surface area contributed by atoms with Gasteiger partial charge in [-0.3, -0.25) is 4.79 Å². The largest absolute Gasteiger partial charge is 0.479 e. The van der Waals surface area contributed by atoms with E-state index in [1.807, 2.05) is 6.92 Å². The van der Waals surface area contributed by atoms with Gasteiger partial charge >= 0.3 is 0 Å². The van der Waals surface area contributed by atoms with Crippen molar-refractivity contribution in [3.05, 3.63) is 12.8 Å². The van der Waals surface area contributed by atoms with E-state index < -0.39 is 0 Å². The van der Waals surface area contributed by atoms with E-state index >= 15 is 0 Å². The molecule has 1 amide bonds. The lowest BCUT2D eigenvalue weighted by Crippen LogP contribution is -2.34. The number of hydrogen-bond donors (Lipinski definition) is 0. The fourth-order valence-corrected chi connectivity index (χ4v) is 1.27. The van der Waals surface area contributed by atoms with E-state index in [2.05, 4.69) is 6.58 Å². The van der Waals surface area contributed by atoms with Gasteiger partial charge in [-0.25, -0.2) is 0 Å². The van der Waals surface area contributed by atoms with Gasteiger partial charge in [-0.1, -0.05) is 6.58 Å². The van der Waals surface area contributed by atoms with Gasteiger partial charge in [0.25, 0.3) is 0 Å². The summed E-state index contributed by atoms with van der Waals surface area (Å²) in [4.78, 5) is 12.8. The molecule has 1 unspecified atom stereocenters. The number of carbonyl (C=O) groups is 1. The Labute approximate surface area is 66.6 Å². The van der Waals surface area contributed by atoms with Crippen molar-refractivity contribution in [2.75, 3.05) is 6.54 Å². The maximum atomic E-state index is 11.1. The molecule has 0 aromatic heterocycles. The van der Waals surface area contributed by atoms with Gasteiger partial charge in [0.05, 0.1) is 6.26 Å². The van der Waals surface area contributed by atoms with Crippen LogP contribution in [0.1, 0.15) is 19.8 Å². The van der Waals surface area contributed by atoms with Crippen LogP contribution in [0.25, 0.3) is 0 Å². The molecular weight excluding hydrogens is 142 g/mol. The molecule has 0 aliphatic carbocycles. The van der Waals surface area contributed by atoms with Gasteiger partial charge in [-0.2, -0.15) is 0 Å². The van der Waals surface area contributed by atoms with Crippen LogP contribution in [0.15, 0.2) is 12.8 Å². The maximum Gasteiger partial charge on any atom is 0.225 e. The van der Waals surface area contributed by atoms with Gasteiger partial charge in [0.15, 0.2) is 6.23 Å². The Kier molecular flexibility index (Phi) is 2.52. The van der Waals surface area contributed by atoms with Crippen LogP contribution in [0.3, 0.4) is 0 Å². The Morgan fingerprint density at radius 3 is 3.00 bits per heavy atom. The first-order valence-corrected chi connectivity index (χ1v) is 3.81. The Morgan fingerprint density at radius 1 is 1.82 bits per heavy atom. The predicted molar refractivity (Wildman–Crippen MR) is 41.7 cm³/mol. The summed E-state index contributed by atoms with van der Waals surface area (Å²) in [6, 6.07) is 0. The summed E-state index contributed by atoms with van der Waals surface area (Å²) >= 11 is 0. The minimum absolute atomic E-state index is 0.150. The van der Waals surface area contributed by atoms with Crippen LogP contribution in [0.5, 0.6) is 0 Å². The third-order valence-corrected chi connectivity index (χ3v) is 1.84. The average Bonchev–Trinajstić information content (AvgIpc) is 2.36. The first-order valence-electron chi connectivity index (χ1n) is 3.81. The summed E-state index contributed by atoms with van der Waals surface area (Å²) in [6.07, 6.45) is 2.83. The smallest absolute Gasteiger partial charge is 0.225 e. The van der Waals surface area contributed by atoms with Crippen molar-refractivity contribution in [2.24, 2.45) is 0 Å². The maximum absolute atomic E-state index is 11.1. The van der Waals surface area contributed by atoms with Gasteiger partial charge in [0.1, 0.15) is 0 Å². The monoisotopic (exact) mass is 155 g/mol. The first-order chi connectivity index (χ1) is 5.25. The molecule has 0 radical (unpaired) electrons. The molecular formula is C8H13NO2. The van der Waals surface area contributed by atoms with Crippen LogP contribution >= 0.6 is 0 Å². The van der Waals surface area contributed by atoms with Gasteiger partial charge in [-0.05, 0) is 13.3 Å². The van der Waals surface area contributed by atoms with E-state index in [4.69, 9.17) is 4.74 Å². The highest BCUT2D eigenvalue weighted by molar-refractivity contribution is 5.78. The summed E-state index contributed by atoms with van der Waals surface area (Å²) in [7, 11) is 0. The lowest BCUT2D eigenvalue weighted by Gasteiger charge is -2.22. The minimum Gasteiger partial charge on any atom is -0.479 e. The highest BCUT2D eigenvalue weighted by Crippen LogP contribution is 2.13. The Morgan fingerprint density at radius 2 is 2.55 bits per heavy atom. The first kappa shape index (κ1) is 8.11. The normalized spacial score (nSPS) is 20.1. The van der Waals surface area contributed by atoms with Gasteiger partial charge in [0, 0.05) is 13.0 Å². The zero-order valence-corrected chi connectivity index (χ0v) is 6.75. The van der Waals surface area contributed by atoms with Crippen LogP contribution in [-0.4, -0.2) is 23.6 Å². The molecule has 1 heterocycles. The van der Waals surface area contributed by atoms with Crippen molar-refractivity contribution in [3.63, 3.8) is 0 Å². The van der Waals surface area contributed by atoms with Crippen molar-refractivity contribution in [2.45, 2.75) is 26.0 Å². The summed E-state index contributed by atoms with van der Waals surface area (Å²) < 4.78 is 5.07. The van der Waals surface area contributed by atoms with E-state index in [1.54, 1.807) is 4.90 Å². The Balaban J connectivity index is 2.45. The summed E-state index contributed by atoms with van der Waals surface area (Å²) in [6.45, 7) is 6.10. The predicted octanol–water partition coefficient (Wildman–Crippen LogP) is 1.11. The molecule has 3 heteroatoms. The fraction of sp³-hybridized carbons (Fsp3) is 0.625. The molecule has 0 saturated carbocycles. The molecule has 1 saturated heterocycles. The van der Waals surface area contributed by atoms with E-state index in [9.17, 15) is 4.79 Å². The van der Waals surface area contributed by atoms with Crippen molar-refractivity contribution in [1.82, 2.24) is 4.90 Å². The highest BCUT2D eigenvalue weighted by Gasteiger charge is 2.24. The van der Waals surface area contributed by atoms with Crippen LogP contribution in [0, 0.1) is 0 Å². The Bertz CT molecular complexity index is 167. The second-order valence-electron chi connectivity index (χ2n) is 2.59. The quantitative estimate of drug-likeness (QED) is 0.571. The highest BCUT2D eigenvalue weighted by atomic mass is 16.5. The number of ether oxygens (including phenoxy) is 1. The lowest BCUT2D eigenvalue weighted by atomic mass is 10.4. The Hall–Kier alpha value is -0.990. The van der Waals surface area contributed by atoms with Crippen molar-refractivity contribution in [3.8, 4) is 0 Å². The number of likely N-dealkylation sites (tertiary alicyclic amines) is 1. The summed E-state index contributed by atoms with van der Waals surface area (Å²) in [5.74, 6) is 0.180. The number of nitrogens with zero attached hydrogens (tertiary/aromatic N) is 1. The van der Waals surface area contributed by atoms with Crippen LogP contribution in [-0.2, 0) is 9.53 Å². The van der Waals surface area contributed by atoms with E-state index in [-0.39, 0.29) is 12.1 Å². The molecule has 1 aliphatic heterocycles. The minimum atomic E-state index is -0.150. The number of hydrogen-bond acceptors (Lipinski definition) is 2. The average molecular weight is 155 g/mol. The molecule has 11 heavy (non-hydrogen) atoms. The van der Waals surface area contributed by atoms with Crippen molar-refractivity contribution >= 4 is 5.91 Å². The topological polar surface area (TPSA) is 29.5 Å². The molecule has 0 bridgehead atoms. The zero-order valence-electron chi connectivity index (χ0n) is 6.75. The van der Waals surface area contributed by atoms with Gasteiger partial charge < -0.3 is 9.64 Å². The fourth-order valence-electron chi connectivity index (χ4n) is 1.27. The molecule has 0 aromatic carbocycles. The van der Waals surface area contributed by atoms with Crippen LogP contribution in [0.2, 0.25) is 0 Å². The lowest BCUT2D eigenvalue weighted by molar-refractivity contribution is -0.135. The van der Waals surface area contributed by atoms with Crippen molar-refractivity contribution < 1.29 is 9.53 Å². The molecule has 1 aliphatic rings. The second kappa shape index (κ2) is 3.42. The molecule has 0 N–H and O–H groups in total. The van der Waals surface area contributed by atoms with Crippen LogP contribution in [0.4, 0.5) is 0 Å². The number of rotatable bonds is 3. The third kappa shape index (κ3) is 1.73. The molecule has 62 valence electrons. The summed E-state index contributed by atoms with van der Waals surface area (Å²) in [5.41, 5.74) is 0. The van der Waals surface area contributed by atoms with E-state index in [1.165, 1.54) is 6.26 Å².